The van der Waals surface area contributed by atoms with E-state index in [4.69, 9.17) is 0 Å². The van der Waals surface area contributed by atoms with Gasteiger partial charge in [-0.05, 0) is 35.9 Å². The largest absolute Gasteiger partial charge is 0.344 e. The summed E-state index contributed by atoms with van der Waals surface area (Å²) < 4.78 is 0. The van der Waals surface area contributed by atoms with E-state index >= 15 is 0 Å². The van der Waals surface area contributed by atoms with E-state index in [1.54, 1.807) is 11.8 Å². The van der Waals surface area contributed by atoms with Crippen molar-refractivity contribution >= 4 is 33.6 Å². The van der Waals surface area contributed by atoms with Gasteiger partial charge in [0.1, 0.15) is 0 Å². The molecular formula is C17H16BrNOS. The molecule has 0 saturated heterocycles. The van der Waals surface area contributed by atoms with Crippen molar-refractivity contribution in [1.29, 1.82) is 0 Å². The van der Waals surface area contributed by atoms with Gasteiger partial charge in [0, 0.05) is 9.72 Å². The number of amides is 1. The molecule has 108 valence electrons. The predicted octanol–water partition coefficient (Wildman–Crippen LogP) is 4.20. The summed E-state index contributed by atoms with van der Waals surface area (Å²) >= 11 is 5.30. The number of nitrogens with one attached hydrogen (secondary N) is 1. The summed E-state index contributed by atoms with van der Waals surface area (Å²) in [5.41, 5.74) is 3.27. The standard InChI is InChI=1S/C17H16BrNOS/c1-21-15-9-5-4-8-13(15)17(20)19-16-12-7-3-2-6-11(12)10-14(16)18/h2-9,14,16H,10H2,1H3,(H,19,20). The Bertz CT molecular complexity index is 673. The molecule has 21 heavy (non-hydrogen) atoms. The Morgan fingerprint density at radius 2 is 1.90 bits per heavy atom. The summed E-state index contributed by atoms with van der Waals surface area (Å²) in [5.74, 6) is -0.00824. The molecule has 1 amide bonds. The number of halogens is 1. The van der Waals surface area contributed by atoms with Gasteiger partial charge in [0.15, 0.2) is 0 Å². The van der Waals surface area contributed by atoms with Crippen molar-refractivity contribution in [1.82, 2.24) is 5.32 Å². The highest BCUT2D eigenvalue weighted by atomic mass is 79.9. The van der Waals surface area contributed by atoms with E-state index in [0.717, 1.165) is 16.9 Å². The van der Waals surface area contributed by atoms with Crippen molar-refractivity contribution < 1.29 is 4.79 Å². The topological polar surface area (TPSA) is 29.1 Å². The fourth-order valence-corrected chi connectivity index (χ4v) is 4.13. The first-order chi connectivity index (χ1) is 10.2. The molecule has 2 aromatic carbocycles. The highest BCUT2D eigenvalue weighted by Gasteiger charge is 2.31. The molecule has 0 heterocycles. The Morgan fingerprint density at radius 3 is 2.71 bits per heavy atom. The summed E-state index contributed by atoms with van der Waals surface area (Å²) in [6.45, 7) is 0. The molecule has 4 heteroatoms. The second-order valence-corrected chi connectivity index (χ2v) is 7.09. The van der Waals surface area contributed by atoms with Gasteiger partial charge in [-0.2, -0.15) is 0 Å². The van der Waals surface area contributed by atoms with E-state index in [0.29, 0.717) is 0 Å². The van der Waals surface area contributed by atoms with Gasteiger partial charge < -0.3 is 5.32 Å². The van der Waals surface area contributed by atoms with Gasteiger partial charge in [0.2, 0.25) is 0 Å². The van der Waals surface area contributed by atoms with Crippen LogP contribution in [0, 0.1) is 0 Å². The summed E-state index contributed by atoms with van der Waals surface area (Å²) in [6, 6.07) is 16.1. The molecule has 2 unspecified atom stereocenters. The van der Waals surface area contributed by atoms with E-state index in [-0.39, 0.29) is 16.8 Å². The third-order valence-electron chi connectivity index (χ3n) is 3.80. The maximum Gasteiger partial charge on any atom is 0.252 e. The number of alkyl halides is 1. The van der Waals surface area contributed by atoms with Crippen molar-refractivity contribution in [2.45, 2.75) is 22.2 Å². The monoisotopic (exact) mass is 361 g/mol. The lowest BCUT2D eigenvalue weighted by Crippen LogP contribution is -2.31. The number of thioether (sulfide) groups is 1. The molecule has 0 radical (unpaired) electrons. The minimum atomic E-state index is -0.00824. The van der Waals surface area contributed by atoms with Gasteiger partial charge in [-0.1, -0.05) is 52.3 Å². The van der Waals surface area contributed by atoms with Crippen LogP contribution in [0.1, 0.15) is 27.5 Å². The van der Waals surface area contributed by atoms with Crippen molar-refractivity contribution in [3.05, 3.63) is 65.2 Å². The number of benzene rings is 2. The number of carbonyl (C=O) groups is 1. The SMILES string of the molecule is CSc1ccccc1C(=O)NC1c2ccccc2CC1Br. The minimum absolute atomic E-state index is 0.00824. The zero-order valence-electron chi connectivity index (χ0n) is 11.7. The molecule has 0 bridgehead atoms. The lowest BCUT2D eigenvalue weighted by molar-refractivity contribution is 0.0935. The number of rotatable bonds is 3. The minimum Gasteiger partial charge on any atom is -0.344 e. The molecular weight excluding hydrogens is 346 g/mol. The molecule has 1 aliphatic carbocycles. The van der Waals surface area contributed by atoms with Crippen LogP contribution in [-0.4, -0.2) is 17.0 Å². The van der Waals surface area contributed by atoms with Crippen molar-refractivity contribution in [2.24, 2.45) is 0 Å². The van der Waals surface area contributed by atoms with Crippen molar-refractivity contribution in [2.75, 3.05) is 6.26 Å². The third kappa shape index (κ3) is 2.87. The van der Waals surface area contributed by atoms with E-state index < -0.39 is 0 Å². The first-order valence-electron chi connectivity index (χ1n) is 6.86. The molecule has 2 aromatic rings. The van der Waals surface area contributed by atoms with Crippen LogP contribution in [0.2, 0.25) is 0 Å². The van der Waals surface area contributed by atoms with Gasteiger partial charge in [-0.15, -0.1) is 11.8 Å². The van der Waals surface area contributed by atoms with Gasteiger partial charge >= 0.3 is 0 Å². The van der Waals surface area contributed by atoms with Crippen LogP contribution in [0.25, 0.3) is 0 Å². The van der Waals surface area contributed by atoms with E-state index in [1.807, 2.05) is 42.7 Å². The Morgan fingerprint density at radius 1 is 1.19 bits per heavy atom. The second kappa shape index (κ2) is 6.24. The molecule has 0 saturated carbocycles. The molecule has 0 spiro atoms. The van der Waals surface area contributed by atoms with Gasteiger partial charge in [0.05, 0.1) is 11.6 Å². The van der Waals surface area contributed by atoms with Gasteiger partial charge in [-0.3, -0.25) is 4.79 Å². The third-order valence-corrected chi connectivity index (χ3v) is 5.45. The number of fused-ring (bicyclic) bond motifs is 1. The normalized spacial score (nSPS) is 20.1. The molecule has 0 aliphatic heterocycles. The first kappa shape index (κ1) is 14.7. The molecule has 0 fully saturated rings. The van der Waals surface area contributed by atoms with Crippen LogP contribution in [0.15, 0.2) is 53.4 Å². The fraction of sp³-hybridized carbons (Fsp3) is 0.235. The number of hydrogen-bond acceptors (Lipinski definition) is 2. The maximum absolute atomic E-state index is 12.6. The molecule has 2 atom stereocenters. The second-order valence-electron chi connectivity index (χ2n) is 5.07. The number of hydrogen-bond donors (Lipinski definition) is 1. The average molecular weight is 362 g/mol. The van der Waals surface area contributed by atoms with E-state index in [9.17, 15) is 4.79 Å². The van der Waals surface area contributed by atoms with Crippen LogP contribution in [0.3, 0.4) is 0 Å². The van der Waals surface area contributed by atoms with Crippen molar-refractivity contribution in [3.8, 4) is 0 Å². The lowest BCUT2D eigenvalue weighted by atomic mass is 10.1. The zero-order valence-corrected chi connectivity index (χ0v) is 14.1. The van der Waals surface area contributed by atoms with Crippen LogP contribution >= 0.6 is 27.7 Å². The lowest BCUT2D eigenvalue weighted by Gasteiger charge is -2.18. The molecule has 3 rings (SSSR count). The van der Waals surface area contributed by atoms with E-state index in [1.165, 1.54) is 11.1 Å². The predicted molar refractivity (Wildman–Crippen MR) is 91.3 cm³/mol. The fourth-order valence-electron chi connectivity index (χ4n) is 2.77. The summed E-state index contributed by atoms with van der Waals surface area (Å²) in [4.78, 5) is 13.8. The van der Waals surface area contributed by atoms with Crippen LogP contribution in [0.4, 0.5) is 0 Å². The number of carbonyl (C=O) groups excluding carboxylic acids is 1. The van der Waals surface area contributed by atoms with Crippen LogP contribution in [-0.2, 0) is 6.42 Å². The van der Waals surface area contributed by atoms with E-state index in [2.05, 4.69) is 33.4 Å². The van der Waals surface area contributed by atoms with Crippen LogP contribution < -0.4 is 5.32 Å². The highest BCUT2D eigenvalue weighted by molar-refractivity contribution is 9.09. The van der Waals surface area contributed by atoms with Crippen LogP contribution in [0.5, 0.6) is 0 Å². The molecule has 1 N–H and O–H groups in total. The summed E-state index contributed by atoms with van der Waals surface area (Å²) in [7, 11) is 0. The molecule has 0 aromatic heterocycles. The quantitative estimate of drug-likeness (QED) is 0.655. The maximum atomic E-state index is 12.6. The first-order valence-corrected chi connectivity index (χ1v) is 9.00. The Balaban J connectivity index is 1.85. The van der Waals surface area contributed by atoms with Crippen molar-refractivity contribution in [3.63, 3.8) is 0 Å². The average Bonchev–Trinajstić information content (AvgIpc) is 2.83. The van der Waals surface area contributed by atoms with Gasteiger partial charge in [0.25, 0.3) is 5.91 Å². The summed E-state index contributed by atoms with van der Waals surface area (Å²) in [6.07, 6.45) is 2.94. The smallest absolute Gasteiger partial charge is 0.252 e. The Hall–Kier alpha value is -1.26. The zero-order chi connectivity index (χ0) is 14.8. The Kier molecular flexibility index (Phi) is 4.36. The molecule has 2 nitrogen and oxygen atoms in total. The Labute approximate surface area is 137 Å². The summed E-state index contributed by atoms with van der Waals surface area (Å²) in [5, 5.41) is 3.18. The molecule has 1 aliphatic rings. The highest BCUT2D eigenvalue weighted by Crippen LogP contribution is 2.36. The van der Waals surface area contributed by atoms with Gasteiger partial charge in [-0.25, -0.2) is 0 Å².